The molecule has 0 saturated carbocycles. The highest BCUT2D eigenvalue weighted by molar-refractivity contribution is 7.99. The van der Waals surface area contributed by atoms with E-state index in [-0.39, 0.29) is 30.4 Å². The summed E-state index contributed by atoms with van der Waals surface area (Å²) < 4.78 is 21.0. The zero-order valence-corrected chi connectivity index (χ0v) is 28.5. The van der Waals surface area contributed by atoms with Crippen LogP contribution in [0.5, 0.6) is 5.75 Å². The second kappa shape index (κ2) is 16.3. The Hall–Kier alpha value is -4.20. The number of carbonyl (C=O) groups excluding carboxylic acids is 4. The van der Waals surface area contributed by atoms with E-state index >= 15 is 0 Å². The van der Waals surface area contributed by atoms with Crippen molar-refractivity contribution in [2.45, 2.75) is 51.4 Å². The fraction of sp³-hybridized carbons (Fsp3) is 0.333. The molecule has 4 rings (SSSR count). The van der Waals surface area contributed by atoms with E-state index in [9.17, 15) is 23.7 Å². The molecule has 0 unspecified atom stereocenters. The molecule has 1 fully saturated rings. The minimum absolute atomic E-state index is 0.0314. The highest BCUT2D eigenvalue weighted by Crippen LogP contribution is 2.37. The van der Waals surface area contributed by atoms with E-state index in [1.165, 1.54) is 36.0 Å². The molecule has 3 aromatic rings. The van der Waals surface area contributed by atoms with Gasteiger partial charge in [-0.1, -0.05) is 66.7 Å². The Morgan fingerprint density at radius 3 is 2.21 bits per heavy atom. The van der Waals surface area contributed by atoms with Gasteiger partial charge >= 0.3 is 13.9 Å². The first-order valence-corrected chi connectivity index (χ1v) is 17.8. The molecule has 1 saturated heterocycles. The fourth-order valence-electron chi connectivity index (χ4n) is 4.77. The van der Waals surface area contributed by atoms with Gasteiger partial charge in [0.15, 0.2) is 5.78 Å². The maximum Gasteiger partial charge on any atom is 0.524 e. The topological polar surface area (TPSA) is 184 Å². The van der Waals surface area contributed by atoms with Crippen LogP contribution in [0.1, 0.15) is 47.8 Å². The maximum atomic E-state index is 13.7. The molecule has 13 nitrogen and oxygen atoms in total. The first kappa shape index (κ1) is 36.6. The summed E-state index contributed by atoms with van der Waals surface area (Å²) in [6.45, 7) is 5.83. The number of nitrogens with one attached hydrogen (secondary N) is 3. The number of ether oxygens (including phenoxy) is 1. The van der Waals surface area contributed by atoms with Crippen LogP contribution in [0.15, 0.2) is 78.9 Å². The van der Waals surface area contributed by atoms with E-state index in [0.29, 0.717) is 34.7 Å². The Morgan fingerprint density at radius 1 is 0.958 bits per heavy atom. The van der Waals surface area contributed by atoms with Crippen LogP contribution in [0.2, 0.25) is 0 Å². The van der Waals surface area contributed by atoms with Crippen LogP contribution in [-0.4, -0.2) is 74.1 Å². The third-order valence-corrected chi connectivity index (χ3v) is 8.48. The van der Waals surface area contributed by atoms with Crippen molar-refractivity contribution in [1.82, 2.24) is 21.1 Å². The largest absolute Gasteiger partial charge is 0.524 e. The zero-order valence-electron chi connectivity index (χ0n) is 26.8. The SMILES string of the molecule is CC(C)(C)OC(=O)NN[C@@H](Cc1ccc(OP(=O)(O)O)cc1)C(=O)N[C@H]1CSCCN(Cc2ccc(C(=O)c3ccccc3)cc2)C1=O. The molecule has 256 valence electrons. The van der Waals surface area contributed by atoms with Crippen LogP contribution in [0, 0.1) is 0 Å². The normalized spacial score (nSPS) is 16.0. The molecule has 2 atom stereocenters. The molecule has 1 aliphatic rings. The Morgan fingerprint density at radius 2 is 1.58 bits per heavy atom. The Kier molecular flexibility index (Phi) is 12.4. The molecule has 0 aliphatic carbocycles. The average Bonchev–Trinajstić information content (AvgIpc) is 3.19. The number of rotatable bonds is 12. The minimum Gasteiger partial charge on any atom is -0.443 e. The summed E-state index contributed by atoms with van der Waals surface area (Å²) in [5.41, 5.74) is 6.81. The summed E-state index contributed by atoms with van der Waals surface area (Å²) in [6, 6.07) is 19.9. The summed E-state index contributed by atoms with van der Waals surface area (Å²) in [6.07, 6.45) is -0.779. The van der Waals surface area contributed by atoms with Crippen LogP contribution < -0.4 is 20.7 Å². The van der Waals surface area contributed by atoms with E-state index in [1.807, 2.05) is 18.2 Å². The van der Waals surface area contributed by atoms with Gasteiger partial charge in [0.2, 0.25) is 11.8 Å². The quantitative estimate of drug-likeness (QED) is 0.106. The molecule has 1 heterocycles. The number of amides is 3. The second-order valence-electron chi connectivity index (χ2n) is 12.0. The number of carbonyl (C=O) groups is 4. The number of hydrogen-bond acceptors (Lipinski definition) is 9. The molecule has 48 heavy (non-hydrogen) atoms. The van der Waals surface area contributed by atoms with Crippen molar-refractivity contribution in [3.8, 4) is 5.75 Å². The van der Waals surface area contributed by atoms with Gasteiger partial charge in [-0.25, -0.2) is 14.8 Å². The first-order chi connectivity index (χ1) is 22.7. The van der Waals surface area contributed by atoms with E-state index in [4.69, 9.17) is 14.5 Å². The van der Waals surface area contributed by atoms with Gasteiger partial charge in [-0.05, 0) is 50.5 Å². The number of thioether (sulfide) groups is 1. The molecular formula is C33H39N4O9PS. The third-order valence-electron chi connectivity index (χ3n) is 6.99. The Balaban J connectivity index is 1.44. The number of benzene rings is 3. The smallest absolute Gasteiger partial charge is 0.443 e. The van der Waals surface area contributed by atoms with Gasteiger partial charge < -0.3 is 19.5 Å². The van der Waals surface area contributed by atoms with Crippen LogP contribution in [0.3, 0.4) is 0 Å². The molecular weight excluding hydrogens is 659 g/mol. The van der Waals surface area contributed by atoms with Crippen molar-refractivity contribution in [3.05, 3.63) is 101 Å². The summed E-state index contributed by atoms with van der Waals surface area (Å²) >= 11 is 1.52. The molecule has 0 aromatic heterocycles. The van der Waals surface area contributed by atoms with E-state index in [2.05, 4.69) is 20.7 Å². The van der Waals surface area contributed by atoms with Gasteiger partial charge in [0.05, 0.1) is 0 Å². The lowest BCUT2D eigenvalue weighted by atomic mass is 10.0. The van der Waals surface area contributed by atoms with Crippen molar-refractivity contribution < 1.29 is 42.8 Å². The molecule has 1 aliphatic heterocycles. The van der Waals surface area contributed by atoms with Gasteiger partial charge in [0.1, 0.15) is 23.4 Å². The van der Waals surface area contributed by atoms with Crippen LogP contribution in [-0.2, 0) is 31.9 Å². The zero-order chi connectivity index (χ0) is 34.9. The van der Waals surface area contributed by atoms with Gasteiger partial charge in [-0.2, -0.15) is 11.8 Å². The average molecular weight is 699 g/mol. The van der Waals surface area contributed by atoms with Crippen molar-refractivity contribution in [1.29, 1.82) is 0 Å². The lowest BCUT2D eigenvalue weighted by molar-refractivity contribution is -0.136. The van der Waals surface area contributed by atoms with Crippen molar-refractivity contribution >= 4 is 43.3 Å². The third kappa shape index (κ3) is 11.5. The van der Waals surface area contributed by atoms with Crippen LogP contribution >= 0.6 is 19.6 Å². The fourth-order valence-corrected chi connectivity index (χ4v) is 6.14. The molecule has 5 N–H and O–H groups in total. The highest BCUT2D eigenvalue weighted by atomic mass is 32.2. The number of ketones is 1. The lowest BCUT2D eigenvalue weighted by Gasteiger charge is -2.27. The summed E-state index contributed by atoms with van der Waals surface area (Å²) in [5, 5.41) is 2.82. The lowest BCUT2D eigenvalue weighted by Crippen LogP contribution is -2.57. The predicted molar refractivity (Wildman–Crippen MR) is 180 cm³/mol. The van der Waals surface area contributed by atoms with Crippen LogP contribution in [0.4, 0.5) is 4.79 Å². The summed E-state index contributed by atoms with van der Waals surface area (Å²) in [5.74, 6) is 0.00925. The molecule has 0 spiro atoms. The predicted octanol–water partition coefficient (Wildman–Crippen LogP) is 3.59. The molecule has 0 radical (unpaired) electrons. The maximum absolute atomic E-state index is 13.7. The number of hydrogen-bond donors (Lipinski definition) is 5. The van der Waals surface area contributed by atoms with Crippen LogP contribution in [0.25, 0.3) is 0 Å². The van der Waals surface area contributed by atoms with Gasteiger partial charge in [-0.3, -0.25) is 29.6 Å². The number of nitrogens with zero attached hydrogens (tertiary/aromatic N) is 1. The number of phosphoric acid groups is 1. The number of hydrazine groups is 1. The standard InChI is InChI=1S/C33H39N4O9PS/c1-33(2,3)45-32(41)36-35-27(19-22-11-15-26(16-12-22)46-47(42,43)44)30(39)34-28-21-48-18-17-37(31(28)40)20-23-9-13-25(14-10-23)29(38)24-7-5-4-6-8-24/h4-16,27-28,35H,17-21H2,1-3H3,(H,34,39)(H,36,41)(H2,42,43,44)/t27-,28-/m0/s1. The summed E-state index contributed by atoms with van der Waals surface area (Å²) in [7, 11) is -4.75. The highest BCUT2D eigenvalue weighted by Gasteiger charge is 2.31. The van der Waals surface area contributed by atoms with Gasteiger partial charge in [0.25, 0.3) is 0 Å². The van der Waals surface area contributed by atoms with E-state index < -0.39 is 37.5 Å². The number of phosphoric ester groups is 1. The monoisotopic (exact) mass is 698 g/mol. The van der Waals surface area contributed by atoms with E-state index in [1.54, 1.807) is 62.1 Å². The minimum atomic E-state index is -4.75. The van der Waals surface area contributed by atoms with Gasteiger partial charge in [-0.15, -0.1) is 0 Å². The van der Waals surface area contributed by atoms with E-state index in [0.717, 1.165) is 5.56 Å². The summed E-state index contributed by atoms with van der Waals surface area (Å²) in [4.78, 5) is 72.2. The van der Waals surface area contributed by atoms with Crippen molar-refractivity contribution in [3.63, 3.8) is 0 Å². The molecule has 15 heteroatoms. The molecule has 3 aromatic carbocycles. The van der Waals surface area contributed by atoms with Gasteiger partial charge in [0, 0.05) is 35.7 Å². The molecule has 0 bridgehead atoms. The van der Waals surface area contributed by atoms with Crippen molar-refractivity contribution in [2.24, 2.45) is 0 Å². The molecule has 3 amide bonds. The second-order valence-corrected chi connectivity index (χ2v) is 14.4. The van der Waals surface area contributed by atoms with Crippen molar-refractivity contribution in [2.75, 3.05) is 18.1 Å². The Bertz CT molecular complexity index is 1630. The first-order valence-electron chi connectivity index (χ1n) is 15.1. The Labute approximate surface area is 283 Å².